The maximum absolute atomic E-state index is 4.91. The van der Waals surface area contributed by atoms with Gasteiger partial charge in [-0.25, -0.2) is 4.99 Å². The maximum atomic E-state index is 4.91. The summed E-state index contributed by atoms with van der Waals surface area (Å²) in [6.45, 7) is 4.43. The zero-order valence-corrected chi connectivity index (χ0v) is 19.6. The van der Waals surface area contributed by atoms with E-state index in [2.05, 4.69) is 26.0 Å². The topological polar surface area (TPSA) is 24.7 Å². The third-order valence-corrected chi connectivity index (χ3v) is 5.41. The molecule has 0 aliphatic heterocycles. The minimum atomic E-state index is 0.850. The van der Waals surface area contributed by atoms with Crippen LogP contribution in [-0.4, -0.2) is 11.4 Å². The predicted octanol–water partition coefficient (Wildman–Crippen LogP) is 9.42. The molecule has 0 radical (unpaired) electrons. The highest BCUT2D eigenvalue weighted by molar-refractivity contribution is 6.47. The summed E-state index contributed by atoms with van der Waals surface area (Å²) in [4.78, 5) is 9.79. The number of allylic oxidation sites excluding steroid dienone is 2. The van der Waals surface area contributed by atoms with Crippen molar-refractivity contribution in [3.05, 3.63) is 72.8 Å². The van der Waals surface area contributed by atoms with Gasteiger partial charge < -0.3 is 0 Å². The molecule has 2 rings (SSSR count). The van der Waals surface area contributed by atoms with Crippen LogP contribution in [-0.2, 0) is 0 Å². The Bertz CT molecular complexity index is 788. The van der Waals surface area contributed by atoms with Crippen molar-refractivity contribution in [1.29, 1.82) is 0 Å². The number of hydrogen-bond donors (Lipinski definition) is 0. The van der Waals surface area contributed by atoms with Crippen LogP contribution in [0, 0.1) is 0 Å². The first-order valence-electron chi connectivity index (χ1n) is 12.3. The number of unbranched alkanes of at least 4 members (excludes halogenated alkanes) is 9. The lowest BCUT2D eigenvalue weighted by molar-refractivity contribution is 0.566. The summed E-state index contributed by atoms with van der Waals surface area (Å²) < 4.78 is 0. The van der Waals surface area contributed by atoms with Gasteiger partial charge in [0.1, 0.15) is 0 Å². The average Bonchev–Trinajstić information content (AvgIpc) is 2.81. The Morgan fingerprint density at radius 1 is 0.645 bits per heavy atom. The van der Waals surface area contributed by atoms with Gasteiger partial charge in [0.25, 0.3) is 0 Å². The van der Waals surface area contributed by atoms with Gasteiger partial charge in [-0.05, 0) is 49.6 Å². The lowest BCUT2D eigenvalue weighted by atomic mass is 10.1. The van der Waals surface area contributed by atoms with Crippen LogP contribution in [0.25, 0.3) is 0 Å². The van der Waals surface area contributed by atoms with Gasteiger partial charge in [-0.3, -0.25) is 4.99 Å². The molecule has 31 heavy (non-hydrogen) atoms. The van der Waals surface area contributed by atoms with Gasteiger partial charge in [0.05, 0.1) is 22.8 Å². The molecule has 2 nitrogen and oxygen atoms in total. The molecule has 2 aromatic carbocycles. The van der Waals surface area contributed by atoms with Crippen LogP contribution in [0.3, 0.4) is 0 Å². The summed E-state index contributed by atoms with van der Waals surface area (Å²) in [5, 5.41) is 0. The minimum absolute atomic E-state index is 0.850. The highest BCUT2D eigenvalue weighted by atomic mass is 14.8. The molecule has 0 saturated heterocycles. The first-order chi connectivity index (χ1) is 15.3. The van der Waals surface area contributed by atoms with E-state index in [4.69, 9.17) is 9.98 Å². The van der Waals surface area contributed by atoms with Crippen LogP contribution >= 0.6 is 0 Å². The molecular formula is C29H40N2. The van der Waals surface area contributed by atoms with Crippen molar-refractivity contribution < 1.29 is 0 Å². The molecule has 0 aliphatic rings. The van der Waals surface area contributed by atoms with E-state index in [9.17, 15) is 0 Å². The number of hydrogen-bond acceptors (Lipinski definition) is 2. The van der Waals surface area contributed by atoms with E-state index in [1.54, 1.807) is 0 Å². The molecule has 0 amide bonds. The average molecular weight is 417 g/mol. The molecule has 0 N–H and O–H groups in total. The summed E-state index contributed by atoms with van der Waals surface area (Å²) in [5.41, 5.74) is 3.94. The predicted molar refractivity (Wildman–Crippen MR) is 138 cm³/mol. The molecule has 0 atom stereocenters. The van der Waals surface area contributed by atoms with Crippen molar-refractivity contribution in [3.8, 4) is 0 Å². The molecule has 0 fully saturated rings. The Hall–Kier alpha value is -2.48. The molecule has 0 heterocycles. The summed E-state index contributed by atoms with van der Waals surface area (Å²) in [7, 11) is 0. The number of nitrogens with zero attached hydrogens (tertiary/aromatic N) is 2. The molecule has 2 heteroatoms. The van der Waals surface area contributed by atoms with Gasteiger partial charge in [-0.1, -0.05) is 108 Å². The molecule has 0 aromatic heterocycles. The fraction of sp³-hybridized carbons (Fsp3) is 0.448. The van der Waals surface area contributed by atoms with E-state index in [0.29, 0.717) is 0 Å². The van der Waals surface area contributed by atoms with Crippen molar-refractivity contribution >= 4 is 22.8 Å². The lowest BCUT2D eigenvalue weighted by Gasteiger charge is -2.06. The molecule has 0 bridgehead atoms. The molecule has 0 saturated carbocycles. The van der Waals surface area contributed by atoms with Crippen LogP contribution in [0.5, 0.6) is 0 Å². The van der Waals surface area contributed by atoms with Crippen LogP contribution in [0.4, 0.5) is 11.4 Å². The molecule has 0 unspecified atom stereocenters. The normalized spacial score (nSPS) is 12.6. The minimum Gasteiger partial charge on any atom is -0.251 e. The van der Waals surface area contributed by atoms with E-state index < -0.39 is 0 Å². The maximum Gasteiger partial charge on any atom is 0.0848 e. The van der Waals surface area contributed by atoms with Crippen molar-refractivity contribution in [2.24, 2.45) is 9.98 Å². The standard InChI is InChI=1S/C29H40N2/c1-3-5-6-7-8-9-10-11-12-13-20-25-29(31-27-23-18-15-19-24-27)28(4-2)30-26-21-16-14-17-22-26/h14-25H,3-13H2,1-2H3/b25-20+,30-28?,31-29?. The lowest BCUT2D eigenvalue weighted by Crippen LogP contribution is -2.10. The Kier molecular flexibility index (Phi) is 13.0. The van der Waals surface area contributed by atoms with Crippen LogP contribution in [0.1, 0.15) is 84.5 Å². The van der Waals surface area contributed by atoms with Gasteiger partial charge in [-0.2, -0.15) is 0 Å². The second kappa shape index (κ2) is 16.2. The smallest absolute Gasteiger partial charge is 0.0848 e. The zero-order valence-electron chi connectivity index (χ0n) is 19.6. The molecule has 2 aromatic rings. The highest BCUT2D eigenvalue weighted by Gasteiger charge is 2.05. The van der Waals surface area contributed by atoms with Crippen molar-refractivity contribution in [2.45, 2.75) is 84.5 Å². The molecule has 166 valence electrons. The van der Waals surface area contributed by atoms with Gasteiger partial charge >= 0.3 is 0 Å². The van der Waals surface area contributed by atoms with Crippen molar-refractivity contribution in [3.63, 3.8) is 0 Å². The van der Waals surface area contributed by atoms with E-state index in [-0.39, 0.29) is 0 Å². The second-order valence-corrected chi connectivity index (χ2v) is 8.10. The number of para-hydroxylation sites is 2. The number of rotatable bonds is 15. The van der Waals surface area contributed by atoms with Crippen LogP contribution in [0.2, 0.25) is 0 Å². The van der Waals surface area contributed by atoms with E-state index in [1.165, 1.54) is 57.8 Å². The molecular weight excluding hydrogens is 376 g/mol. The molecule has 0 spiro atoms. The van der Waals surface area contributed by atoms with Crippen LogP contribution < -0.4 is 0 Å². The first-order valence-corrected chi connectivity index (χ1v) is 12.3. The summed E-state index contributed by atoms with van der Waals surface area (Å²) in [5.74, 6) is 0. The van der Waals surface area contributed by atoms with Crippen molar-refractivity contribution in [1.82, 2.24) is 0 Å². The largest absolute Gasteiger partial charge is 0.251 e. The second-order valence-electron chi connectivity index (χ2n) is 8.10. The van der Waals surface area contributed by atoms with E-state index in [1.807, 2.05) is 60.7 Å². The van der Waals surface area contributed by atoms with Gasteiger partial charge in [0.15, 0.2) is 0 Å². The fourth-order valence-corrected chi connectivity index (χ4v) is 3.58. The number of aliphatic imine (C=N–C) groups is 2. The Morgan fingerprint density at radius 2 is 1.16 bits per heavy atom. The summed E-state index contributed by atoms with van der Waals surface area (Å²) in [6.07, 6.45) is 18.7. The SMILES string of the molecule is CCCCCCCCCCC/C=C/C(=Nc1ccccc1)C(CC)=Nc1ccccc1. The quantitative estimate of drug-likeness (QED) is 0.204. The van der Waals surface area contributed by atoms with Crippen molar-refractivity contribution in [2.75, 3.05) is 0 Å². The van der Waals surface area contributed by atoms with E-state index >= 15 is 0 Å². The third-order valence-electron chi connectivity index (χ3n) is 5.41. The molecule has 0 aliphatic carbocycles. The summed E-state index contributed by atoms with van der Waals surface area (Å²) in [6, 6.07) is 20.3. The zero-order chi connectivity index (χ0) is 22.0. The third kappa shape index (κ3) is 10.9. The van der Waals surface area contributed by atoms with Gasteiger partial charge in [-0.15, -0.1) is 0 Å². The summed E-state index contributed by atoms with van der Waals surface area (Å²) >= 11 is 0. The Morgan fingerprint density at radius 3 is 1.71 bits per heavy atom. The monoisotopic (exact) mass is 416 g/mol. The van der Waals surface area contributed by atoms with Gasteiger partial charge in [0.2, 0.25) is 0 Å². The fourth-order valence-electron chi connectivity index (χ4n) is 3.58. The first kappa shape index (κ1) is 24.8. The Labute approximate surface area is 190 Å². The highest BCUT2D eigenvalue weighted by Crippen LogP contribution is 2.16. The van der Waals surface area contributed by atoms with Crippen LogP contribution in [0.15, 0.2) is 82.8 Å². The number of benzene rings is 2. The Balaban J connectivity index is 1.92. The van der Waals surface area contributed by atoms with Gasteiger partial charge in [0, 0.05) is 0 Å². The van der Waals surface area contributed by atoms with E-state index in [0.717, 1.165) is 35.6 Å².